The first-order valence-corrected chi connectivity index (χ1v) is 6.37. The molecule has 0 aromatic heterocycles. The molecule has 1 nitrogen and oxygen atoms in total. The molecule has 1 aliphatic carbocycles. The molecular formula is C13H26O. The summed E-state index contributed by atoms with van der Waals surface area (Å²) in [5, 5.41) is 0. The van der Waals surface area contributed by atoms with Gasteiger partial charge in [-0.1, -0.05) is 46.5 Å². The lowest BCUT2D eigenvalue weighted by Gasteiger charge is -2.29. The maximum Gasteiger partial charge on any atom is 0.0575 e. The van der Waals surface area contributed by atoms with Crippen molar-refractivity contribution in [3.63, 3.8) is 0 Å². The minimum Gasteiger partial charge on any atom is -0.378 e. The van der Waals surface area contributed by atoms with Crippen LogP contribution in [0.5, 0.6) is 0 Å². The standard InChI is InChI=1S/C13H26O/c1-4-11(3)10-14-13(5-2)9-12-7-6-8-12/h11-13H,4-10H2,1-3H3. The SMILES string of the molecule is CCC(C)COC(CC)CC1CCC1. The first kappa shape index (κ1) is 12.0. The summed E-state index contributed by atoms with van der Waals surface area (Å²) in [6.07, 6.45) is 8.62. The second kappa shape index (κ2) is 6.44. The van der Waals surface area contributed by atoms with E-state index < -0.39 is 0 Å². The van der Waals surface area contributed by atoms with Gasteiger partial charge in [-0.25, -0.2) is 0 Å². The average Bonchev–Trinajstić information content (AvgIpc) is 2.15. The van der Waals surface area contributed by atoms with E-state index in [-0.39, 0.29) is 0 Å². The van der Waals surface area contributed by atoms with Crippen LogP contribution in [0.3, 0.4) is 0 Å². The third kappa shape index (κ3) is 4.00. The molecule has 1 heteroatoms. The van der Waals surface area contributed by atoms with E-state index in [0.717, 1.165) is 18.4 Å². The van der Waals surface area contributed by atoms with Crippen molar-refractivity contribution in [1.29, 1.82) is 0 Å². The zero-order valence-electron chi connectivity index (χ0n) is 10.1. The molecule has 1 saturated carbocycles. The van der Waals surface area contributed by atoms with Gasteiger partial charge in [-0.3, -0.25) is 0 Å². The van der Waals surface area contributed by atoms with E-state index in [9.17, 15) is 0 Å². The second-order valence-electron chi connectivity index (χ2n) is 4.91. The molecule has 0 aromatic carbocycles. The molecule has 0 radical (unpaired) electrons. The van der Waals surface area contributed by atoms with Crippen LogP contribution in [0.4, 0.5) is 0 Å². The Morgan fingerprint density at radius 3 is 2.36 bits per heavy atom. The zero-order valence-corrected chi connectivity index (χ0v) is 10.1. The van der Waals surface area contributed by atoms with Crippen LogP contribution in [-0.4, -0.2) is 12.7 Å². The molecule has 2 atom stereocenters. The van der Waals surface area contributed by atoms with Crippen LogP contribution in [0, 0.1) is 11.8 Å². The van der Waals surface area contributed by atoms with Gasteiger partial charge < -0.3 is 4.74 Å². The van der Waals surface area contributed by atoms with E-state index in [1.54, 1.807) is 0 Å². The Balaban J connectivity index is 2.10. The predicted octanol–water partition coefficient (Wildman–Crippen LogP) is 4.02. The molecule has 0 amide bonds. The minimum atomic E-state index is 0.536. The molecule has 0 aromatic rings. The van der Waals surface area contributed by atoms with Gasteiger partial charge in [-0.05, 0) is 24.7 Å². The molecule has 2 unspecified atom stereocenters. The van der Waals surface area contributed by atoms with Gasteiger partial charge in [-0.2, -0.15) is 0 Å². The molecule has 0 heterocycles. The van der Waals surface area contributed by atoms with Gasteiger partial charge in [0.15, 0.2) is 0 Å². The molecule has 1 fully saturated rings. The molecule has 1 rings (SSSR count). The van der Waals surface area contributed by atoms with Crippen molar-refractivity contribution in [1.82, 2.24) is 0 Å². The van der Waals surface area contributed by atoms with Crippen LogP contribution in [0.2, 0.25) is 0 Å². The van der Waals surface area contributed by atoms with Crippen LogP contribution in [0.25, 0.3) is 0 Å². The maximum absolute atomic E-state index is 5.95. The van der Waals surface area contributed by atoms with Crippen molar-refractivity contribution >= 4 is 0 Å². The van der Waals surface area contributed by atoms with Crippen molar-refractivity contribution in [3.8, 4) is 0 Å². The summed E-state index contributed by atoms with van der Waals surface area (Å²) in [5.74, 6) is 1.71. The lowest BCUT2D eigenvalue weighted by Crippen LogP contribution is -2.23. The maximum atomic E-state index is 5.95. The predicted molar refractivity (Wildman–Crippen MR) is 61.4 cm³/mol. The summed E-state index contributed by atoms with van der Waals surface area (Å²) in [7, 11) is 0. The van der Waals surface area contributed by atoms with Gasteiger partial charge in [0.25, 0.3) is 0 Å². The third-order valence-electron chi connectivity index (χ3n) is 3.59. The Labute approximate surface area is 89.2 Å². The lowest BCUT2D eigenvalue weighted by atomic mass is 9.81. The van der Waals surface area contributed by atoms with E-state index in [4.69, 9.17) is 4.74 Å². The summed E-state index contributed by atoms with van der Waals surface area (Å²) in [6.45, 7) is 7.72. The second-order valence-corrected chi connectivity index (χ2v) is 4.91. The Morgan fingerprint density at radius 1 is 1.21 bits per heavy atom. The highest BCUT2D eigenvalue weighted by molar-refractivity contribution is 4.73. The fourth-order valence-corrected chi connectivity index (χ4v) is 1.87. The molecule has 0 bridgehead atoms. The monoisotopic (exact) mass is 198 g/mol. The van der Waals surface area contributed by atoms with Crippen molar-refractivity contribution in [2.75, 3.05) is 6.61 Å². The number of hydrogen-bond donors (Lipinski definition) is 0. The van der Waals surface area contributed by atoms with E-state index in [2.05, 4.69) is 20.8 Å². The largest absolute Gasteiger partial charge is 0.378 e. The summed E-state index contributed by atoms with van der Waals surface area (Å²) in [5.41, 5.74) is 0. The zero-order chi connectivity index (χ0) is 10.4. The third-order valence-corrected chi connectivity index (χ3v) is 3.59. The van der Waals surface area contributed by atoms with Crippen LogP contribution < -0.4 is 0 Å². The summed E-state index contributed by atoms with van der Waals surface area (Å²) < 4.78 is 5.95. The molecule has 14 heavy (non-hydrogen) atoms. The van der Waals surface area contributed by atoms with Gasteiger partial charge in [-0.15, -0.1) is 0 Å². The topological polar surface area (TPSA) is 9.23 Å². The fourth-order valence-electron chi connectivity index (χ4n) is 1.87. The first-order valence-electron chi connectivity index (χ1n) is 6.37. The van der Waals surface area contributed by atoms with Gasteiger partial charge >= 0.3 is 0 Å². The van der Waals surface area contributed by atoms with Crippen molar-refractivity contribution in [3.05, 3.63) is 0 Å². The molecule has 0 spiro atoms. The Bertz CT molecular complexity index is 140. The van der Waals surface area contributed by atoms with Gasteiger partial charge in [0, 0.05) is 6.61 Å². The summed E-state index contributed by atoms with van der Waals surface area (Å²) >= 11 is 0. The van der Waals surface area contributed by atoms with Gasteiger partial charge in [0.1, 0.15) is 0 Å². The molecule has 0 aliphatic heterocycles. The van der Waals surface area contributed by atoms with Crippen LogP contribution in [0.1, 0.15) is 59.3 Å². The molecule has 0 N–H and O–H groups in total. The fraction of sp³-hybridized carbons (Fsp3) is 1.00. The number of rotatable bonds is 7. The Hall–Kier alpha value is -0.0400. The van der Waals surface area contributed by atoms with Crippen molar-refractivity contribution in [2.45, 2.75) is 65.4 Å². The minimum absolute atomic E-state index is 0.536. The smallest absolute Gasteiger partial charge is 0.0575 e. The summed E-state index contributed by atoms with van der Waals surface area (Å²) in [6, 6.07) is 0. The normalized spacial score (nSPS) is 21.6. The highest BCUT2D eigenvalue weighted by atomic mass is 16.5. The van der Waals surface area contributed by atoms with E-state index in [1.165, 1.54) is 38.5 Å². The quantitative estimate of drug-likeness (QED) is 0.600. The van der Waals surface area contributed by atoms with Gasteiger partial charge in [0.05, 0.1) is 6.10 Å². The van der Waals surface area contributed by atoms with E-state index in [0.29, 0.717) is 6.10 Å². The van der Waals surface area contributed by atoms with Crippen molar-refractivity contribution < 1.29 is 4.74 Å². The Morgan fingerprint density at radius 2 is 1.93 bits per heavy atom. The Kier molecular flexibility index (Phi) is 5.54. The summed E-state index contributed by atoms with van der Waals surface area (Å²) in [4.78, 5) is 0. The van der Waals surface area contributed by atoms with Crippen LogP contribution in [0.15, 0.2) is 0 Å². The average molecular weight is 198 g/mol. The number of hydrogen-bond acceptors (Lipinski definition) is 1. The molecule has 1 aliphatic rings. The van der Waals surface area contributed by atoms with Crippen LogP contribution >= 0.6 is 0 Å². The highest BCUT2D eigenvalue weighted by Crippen LogP contribution is 2.31. The lowest BCUT2D eigenvalue weighted by molar-refractivity contribution is 0.00705. The first-order chi connectivity index (χ1) is 6.76. The van der Waals surface area contributed by atoms with Crippen molar-refractivity contribution in [2.24, 2.45) is 11.8 Å². The van der Waals surface area contributed by atoms with Crippen LogP contribution in [-0.2, 0) is 4.74 Å². The molecule has 0 saturated heterocycles. The van der Waals surface area contributed by atoms with E-state index >= 15 is 0 Å². The molecular weight excluding hydrogens is 172 g/mol. The molecule has 84 valence electrons. The van der Waals surface area contributed by atoms with E-state index in [1.807, 2.05) is 0 Å². The number of ether oxygens (including phenoxy) is 1. The highest BCUT2D eigenvalue weighted by Gasteiger charge is 2.21. The van der Waals surface area contributed by atoms with Gasteiger partial charge in [0.2, 0.25) is 0 Å².